The third-order valence-electron chi connectivity index (χ3n) is 4.94. The lowest BCUT2D eigenvalue weighted by Gasteiger charge is -2.41. The number of nitrogens with zero attached hydrogens (tertiary/aromatic N) is 4. The van der Waals surface area contributed by atoms with E-state index in [9.17, 15) is 13.2 Å². The van der Waals surface area contributed by atoms with Crippen LogP contribution in [0.3, 0.4) is 0 Å². The molecule has 0 bridgehead atoms. The summed E-state index contributed by atoms with van der Waals surface area (Å²) in [4.78, 5) is 8.46. The summed E-state index contributed by atoms with van der Waals surface area (Å²) in [6, 6.07) is 9.47. The Balaban J connectivity index is 1.57. The third kappa shape index (κ3) is 3.98. The molecule has 0 aliphatic heterocycles. The molecule has 0 unspecified atom stereocenters. The van der Waals surface area contributed by atoms with Crippen molar-refractivity contribution in [2.24, 2.45) is 0 Å². The molecular formula is C20H18F3N5O. The van der Waals surface area contributed by atoms with E-state index in [0.29, 0.717) is 17.0 Å². The molecule has 1 saturated carbocycles. The molecule has 0 spiro atoms. The van der Waals surface area contributed by atoms with Crippen molar-refractivity contribution in [3.63, 3.8) is 0 Å². The number of benzene rings is 1. The third-order valence-corrected chi connectivity index (χ3v) is 4.94. The second-order valence-electron chi connectivity index (χ2n) is 6.95. The number of nitrogens with one attached hydrogen (secondary N) is 1. The van der Waals surface area contributed by atoms with Gasteiger partial charge >= 0.3 is 6.61 Å². The van der Waals surface area contributed by atoms with Gasteiger partial charge in [-0.05, 0) is 44.4 Å². The zero-order valence-corrected chi connectivity index (χ0v) is 15.6. The molecule has 3 aromatic rings. The molecule has 2 aromatic heterocycles. The number of aromatic nitrogens is 4. The fourth-order valence-corrected chi connectivity index (χ4v) is 3.32. The Morgan fingerprint density at radius 1 is 1.14 bits per heavy atom. The van der Waals surface area contributed by atoms with E-state index < -0.39 is 18.0 Å². The number of hydrogen-bond donors (Lipinski definition) is 1. The Morgan fingerprint density at radius 2 is 1.97 bits per heavy atom. The second kappa shape index (κ2) is 7.65. The molecule has 0 saturated heterocycles. The average Bonchev–Trinajstić information content (AvgIpc) is 2.67. The van der Waals surface area contributed by atoms with E-state index in [0.717, 1.165) is 24.8 Å². The van der Waals surface area contributed by atoms with Gasteiger partial charge in [0.25, 0.3) is 0 Å². The van der Waals surface area contributed by atoms with Crippen molar-refractivity contribution >= 4 is 5.95 Å². The number of aryl methyl sites for hydroxylation is 1. The van der Waals surface area contributed by atoms with E-state index in [1.54, 1.807) is 24.3 Å². The van der Waals surface area contributed by atoms with Crippen LogP contribution in [0.5, 0.6) is 5.88 Å². The van der Waals surface area contributed by atoms with Gasteiger partial charge in [-0.1, -0.05) is 17.7 Å². The minimum absolute atomic E-state index is 0.144. The number of rotatable bonds is 6. The van der Waals surface area contributed by atoms with E-state index in [-0.39, 0.29) is 11.8 Å². The average molecular weight is 401 g/mol. The van der Waals surface area contributed by atoms with Gasteiger partial charge in [0.1, 0.15) is 11.5 Å². The van der Waals surface area contributed by atoms with Crippen molar-refractivity contribution in [1.29, 1.82) is 0 Å². The van der Waals surface area contributed by atoms with E-state index in [1.165, 1.54) is 18.3 Å². The smallest absolute Gasteiger partial charge is 0.388 e. The summed E-state index contributed by atoms with van der Waals surface area (Å²) >= 11 is 0. The van der Waals surface area contributed by atoms with Crippen LogP contribution >= 0.6 is 0 Å². The lowest BCUT2D eigenvalue weighted by atomic mass is 9.74. The number of alkyl halides is 2. The number of anilines is 1. The van der Waals surface area contributed by atoms with Crippen LogP contribution in [0, 0.1) is 12.7 Å². The van der Waals surface area contributed by atoms with Gasteiger partial charge in [-0.3, -0.25) is 0 Å². The predicted octanol–water partition coefficient (Wildman–Crippen LogP) is 4.47. The molecular weight excluding hydrogens is 383 g/mol. The fraction of sp³-hybridized carbons (Fsp3) is 0.300. The van der Waals surface area contributed by atoms with Crippen molar-refractivity contribution < 1.29 is 17.9 Å². The minimum atomic E-state index is -2.94. The SMILES string of the molecule is Cc1ccc(F)c(-c2cnc(NC3(c4cccc(OC(F)F)n4)CCC3)nn2)c1. The maximum Gasteiger partial charge on any atom is 0.388 e. The molecule has 1 aliphatic carbocycles. The lowest BCUT2D eigenvalue weighted by Crippen LogP contribution is -2.43. The van der Waals surface area contributed by atoms with Crippen LogP contribution in [0.25, 0.3) is 11.3 Å². The number of halogens is 3. The minimum Gasteiger partial charge on any atom is -0.417 e. The normalized spacial score (nSPS) is 15.1. The molecule has 2 heterocycles. The molecule has 0 amide bonds. The molecule has 29 heavy (non-hydrogen) atoms. The summed E-state index contributed by atoms with van der Waals surface area (Å²) in [7, 11) is 0. The number of hydrogen-bond acceptors (Lipinski definition) is 6. The Labute approximate surface area is 165 Å². The van der Waals surface area contributed by atoms with Gasteiger partial charge in [-0.25, -0.2) is 14.4 Å². The van der Waals surface area contributed by atoms with Crippen molar-refractivity contribution in [1.82, 2.24) is 20.2 Å². The van der Waals surface area contributed by atoms with E-state index in [1.807, 2.05) is 6.92 Å². The molecule has 150 valence electrons. The summed E-state index contributed by atoms with van der Waals surface area (Å²) in [6.07, 6.45) is 3.85. The molecule has 9 heteroatoms. The first kappa shape index (κ1) is 19.1. The second-order valence-corrected chi connectivity index (χ2v) is 6.95. The highest BCUT2D eigenvalue weighted by atomic mass is 19.3. The molecule has 1 N–H and O–H groups in total. The van der Waals surface area contributed by atoms with Gasteiger partial charge in [0.05, 0.1) is 17.4 Å². The predicted molar refractivity (Wildman–Crippen MR) is 100.0 cm³/mol. The van der Waals surface area contributed by atoms with Crippen LogP contribution in [0.15, 0.2) is 42.6 Å². The van der Waals surface area contributed by atoms with Crippen LogP contribution in [0.1, 0.15) is 30.5 Å². The first-order chi connectivity index (χ1) is 13.9. The molecule has 1 aromatic carbocycles. The quantitative estimate of drug-likeness (QED) is 0.657. The first-order valence-electron chi connectivity index (χ1n) is 9.12. The topological polar surface area (TPSA) is 72.8 Å². The number of ether oxygens (including phenoxy) is 1. The zero-order valence-electron chi connectivity index (χ0n) is 15.6. The van der Waals surface area contributed by atoms with Gasteiger partial charge in [-0.2, -0.15) is 8.78 Å². The zero-order chi connectivity index (χ0) is 20.4. The summed E-state index contributed by atoms with van der Waals surface area (Å²) in [5, 5.41) is 11.4. The van der Waals surface area contributed by atoms with E-state index >= 15 is 0 Å². The Bertz CT molecular complexity index is 1010. The molecule has 1 fully saturated rings. The molecule has 1 aliphatic rings. The summed E-state index contributed by atoms with van der Waals surface area (Å²) in [5.74, 6) is -0.290. The largest absolute Gasteiger partial charge is 0.417 e. The Morgan fingerprint density at radius 3 is 2.62 bits per heavy atom. The lowest BCUT2D eigenvalue weighted by molar-refractivity contribution is -0.0531. The first-order valence-corrected chi connectivity index (χ1v) is 9.12. The van der Waals surface area contributed by atoms with Gasteiger partial charge in [-0.15, -0.1) is 10.2 Å². The van der Waals surface area contributed by atoms with Crippen molar-refractivity contribution in [2.45, 2.75) is 38.3 Å². The fourth-order valence-electron chi connectivity index (χ4n) is 3.32. The highest BCUT2D eigenvalue weighted by molar-refractivity contribution is 5.60. The molecule has 0 radical (unpaired) electrons. The maximum absolute atomic E-state index is 14.1. The highest BCUT2D eigenvalue weighted by Gasteiger charge is 2.41. The summed E-state index contributed by atoms with van der Waals surface area (Å²) < 4.78 is 43.4. The highest BCUT2D eigenvalue weighted by Crippen LogP contribution is 2.43. The Kier molecular flexibility index (Phi) is 5.04. The van der Waals surface area contributed by atoms with Gasteiger partial charge < -0.3 is 10.1 Å². The van der Waals surface area contributed by atoms with Crippen LogP contribution in [-0.2, 0) is 5.54 Å². The van der Waals surface area contributed by atoms with Crippen molar-refractivity contribution in [3.8, 4) is 17.1 Å². The van der Waals surface area contributed by atoms with Gasteiger partial charge in [0.15, 0.2) is 0 Å². The monoisotopic (exact) mass is 401 g/mol. The van der Waals surface area contributed by atoms with Crippen LogP contribution in [-0.4, -0.2) is 26.8 Å². The summed E-state index contributed by atoms with van der Waals surface area (Å²) in [6.45, 7) is -1.08. The summed E-state index contributed by atoms with van der Waals surface area (Å²) in [5.41, 5.74) is 1.53. The van der Waals surface area contributed by atoms with Gasteiger partial charge in [0.2, 0.25) is 11.8 Å². The van der Waals surface area contributed by atoms with E-state index in [4.69, 9.17) is 0 Å². The van der Waals surface area contributed by atoms with Crippen LogP contribution < -0.4 is 10.1 Å². The number of pyridine rings is 1. The van der Waals surface area contributed by atoms with Crippen LogP contribution in [0.2, 0.25) is 0 Å². The Hall–Kier alpha value is -3.23. The van der Waals surface area contributed by atoms with E-state index in [2.05, 4.69) is 30.2 Å². The van der Waals surface area contributed by atoms with Gasteiger partial charge in [0, 0.05) is 11.6 Å². The molecule has 4 rings (SSSR count). The molecule has 6 nitrogen and oxygen atoms in total. The standard InChI is InChI=1S/C20H18F3N5O/c1-12-6-7-14(21)13(10-12)15-11-24-19(28-27-15)26-20(8-3-9-20)16-4-2-5-17(25-16)29-18(22)23/h2,4-7,10-11,18H,3,8-9H2,1H3,(H,24,26,28). The molecule has 0 atom stereocenters. The van der Waals surface area contributed by atoms with Crippen molar-refractivity contribution in [2.75, 3.05) is 5.32 Å². The van der Waals surface area contributed by atoms with Crippen molar-refractivity contribution in [3.05, 3.63) is 59.7 Å². The maximum atomic E-state index is 14.1. The van der Waals surface area contributed by atoms with Crippen LogP contribution in [0.4, 0.5) is 19.1 Å².